The summed E-state index contributed by atoms with van der Waals surface area (Å²) in [5.41, 5.74) is 5.85. The van der Waals surface area contributed by atoms with Gasteiger partial charge in [-0.3, -0.25) is 0 Å². The van der Waals surface area contributed by atoms with Gasteiger partial charge in [0.05, 0.1) is 16.8 Å². The van der Waals surface area contributed by atoms with Crippen LogP contribution in [0.15, 0.2) is 12.1 Å². The molecule has 6 heteroatoms. The van der Waals surface area contributed by atoms with E-state index in [1.54, 1.807) is 0 Å². The van der Waals surface area contributed by atoms with E-state index in [2.05, 4.69) is 11.8 Å². The molecule has 1 aromatic carbocycles. The zero-order valence-electron chi connectivity index (χ0n) is 12.0. The van der Waals surface area contributed by atoms with Gasteiger partial charge in [-0.2, -0.15) is 0 Å². The maximum Gasteiger partial charge on any atom is 0.339 e. The van der Waals surface area contributed by atoms with E-state index < -0.39 is 5.97 Å². The van der Waals surface area contributed by atoms with Crippen molar-refractivity contribution in [2.24, 2.45) is 0 Å². The predicted molar refractivity (Wildman–Crippen MR) is 81.8 cm³/mol. The van der Waals surface area contributed by atoms with Gasteiger partial charge in [0, 0.05) is 19.1 Å². The molecule has 5 nitrogen and oxygen atoms in total. The molecular weight excluding hydrogens is 294 g/mol. The normalized spacial score (nSPS) is 11.4. The summed E-state index contributed by atoms with van der Waals surface area (Å²) in [7, 11) is 0. The van der Waals surface area contributed by atoms with Crippen molar-refractivity contribution in [3.05, 3.63) is 22.7 Å². The predicted octanol–water partition coefficient (Wildman–Crippen LogP) is 2.82. The summed E-state index contributed by atoms with van der Waals surface area (Å²) in [5, 5.41) is 9.26. The Morgan fingerprint density at radius 2 is 2.19 bits per heavy atom. The van der Waals surface area contributed by atoms with Crippen LogP contribution in [0.3, 0.4) is 0 Å². The van der Waals surface area contributed by atoms with Crippen LogP contribution in [0.1, 0.15) is 30.6 Å². The molecule has 0 aliphatic rings. The Hall–Kier alpha value is -1.90. The number of hydrogen-bond acceptors (Lipinski definition) is 4. The van der Waals surface area contributed by atoms with Crippen LogP contribution in [0.5, 0.6) is 5.75 Å². The number of carbonyl (C=O) groups is 1. The highest BCUT2D eigenvalue weighted by atomic mass is 35.5. The van der Waals surface area contributed by atoms with E-state index in [9.17, 15) is 4.79 Å². The lowest BCUT2D eigenvalue weighted by Gasteiger charge is -2.09. The van der Waals surface area contributed by atoms with Crippen molar-refractivity contribution in [2.45, 2.75) is 26.4 Å². The zero-order valence-corrected chi connectivity index (χ0v) is 12.7. The summed E-state index contributed by atoms with van der Waals surface area (Å²) in [6.07, 6.45) is 0.648. The average Bonchev–Trinajstić information content (AvgIpc) is 2.42. The molecule has 0 saturated carbocycles. The summed E-state index contributed by atoms with van der Waals surface area (Å²) in [6, 6.07) is 2.65. The molecular formula is C15H18ClNO4. The first-order valence-corrected chi connectivity index (χ1v) is 6.86. The fourth-order valence-electron chi connectivity index (χ4n) is 1.58. The molecule has 0 amide bonds. The van der Waals surface area contributed by atoms with Crippen molar-refractivity contribution >= 4 is 23.3 Å². The molecule has 1 atom stereocenters. The number of anilines is 1. The van der Waals surface area contributed by atoms with E-state index in [1.165, 1.54) is 12.1 Å². The van der Waals surface area contributed by atoms with Crippen LogP contribution >= 0.6 is 11.6 Å². The highest BCUT2D eigenvalue weighted by Crippen LogP contribution is 2.28. The molecule has 1 unspecified atom stereocenters. The van der Waals surface area contributed by atoms with Gasteiger partial charge in [-0.05, 0) is 19.9 Å². The number of halogens is 1. The molecule has 0 fully saturated rings. The highest BCUT2D eigenvalue weighted by Gasteiger charge is 2.14. The minimum Gasteiger partial charge on any atom is -0.480 e. The Balaban J connectivity index is 2.65. The number of aromatic carboxylic acids is 1. The van der Waals surface area contributed by atoms with Gasteiger partial charge in [0.1, 0.15) is 17.9 Å². The zero-order chi connectivity index (χ0) is 15.8. The van der Waals surface area contributed by atoms with Crippen LogP contribution in [0.4, 0.5) is 5.69 Å². The molecule has 0 heterocycles. The fraction of sp³-hybridized carbons (Fsp3) is 0.400. The van der Waals surface area contributed by atoms with Gasteiger partial charge in [-0.1, -0.05) is 23.4 Å². The van der Waals surface area contributed by atoms with Gasteiger partial charge in [-0.15, -0.1) is 0 Å². The van der Waals surface area contributed by atoms with E-state index >= 15 is 0 Å². The Labute approximate surface area is 129 Å². The third-order valence-corrected chi connectivity index (χ3v) is 2.92. The Bertz CT molecular complexity index is 563. The minimum absolute atomic E-state index is 0.0429. The second-order valence-corrected chi connectivity index (χ2v) is 4.69. The number of ether oxygens (including phenoxy) is 2. The van der Waals surface area contributed by atoms with Crippen LogP contribution in [-0.2, 0) is 4.74 Å². The molecule has 1 rings (SSSR count). The second-order valence-electron chi connectivity index (χ2n) is 4.29. The standard InChI is InChI=1S/C15H18ClNO4/c1-3-20-10(2)6-4-5-7-21-14-9-13(17)12(16)8-11(14)15(18)19/h8-10H,3,6-7,17H2,1-2H3,(H,18,19). The number of carboxylic acid groups (broad SMARTS) is 1. The van der Waals surface area contributed by atoms with Gasteiger partial charge in [-0.25, -0.2) is 4.79 Å². The van der Waals surface area contributed by atoms with Crippen LogP contribution < -0.4 is 10.5 Å². The number of nitrogens with two attached hydrogens (primary N) is 1. The Kier molecular flexibility index (Phi) is 6.86. The van der Waals surface area contributed by atoms with Crippen LogP contribution in [0.25, 0.3) is 0 Å². The maximum atomic E-state index is 11.1. The van der Waals surface area contributed by atoms with Crippen molar-refractivity contribution < 1.29 is 19.4 Å². The van der Waals surface area contributed by atoms with Crippen molar-refractivity contribution in [1.29, 1.82) is 0 Å². The van der Waals surface area contributed by atoms with Gasteiger partial charge in [0.2, 0.25) is 0 Å². The summed E-state index contributed by atoms with van der Waals surface area (Å²) in [5.74, 6) is 4.73. The van der Waals surface area contributed by atoms with Crippen molar-refractivity contribution in [3.63, 3.8) is 0 Å². The summed E-state index contributed by atoms with van der Waals surface area (Å²) >= 11 is 5.79. The lowest BCUT2D eigenvalue weighted by molar-refractivity contribution is 0.0693. The Morgan fingerprint density at radius 3 is 2.81 bits per heavy atom. The molecule has 0 aromatic heterocycles. The number of nitrogen functional groups attached to an aromatic ring is 1. The summed E-state index contributed by atoms with van der Waals surface area (Å²) < 4.78 is 10.7. The molecule has 0 aliphatic heterocycles. The van der Waals surface area contributed by atoms with E-state index in [0.29, 0.717) is 13.0 Å². The largest absolute Gasteiger partial charge is 0.480 e. The molecule has 0 aliphatic carbocycles. The number of benzene rings is 1. The van der Waals surface area contributed by atoms with Crippen LogP contribution in [-0.4, -0.2) is 30.4 Å². The molecule has 0 saturated heterocycles. The molecule has 0 bridgehead atoms. The molecule has 3 N–H and O–H groups in total. The first kappa shape index (κ1) is 17.2. The van der Waals surface area contributed by atoms with E-state index in [-0.39, 0.29) is 34.7 Å². The van der Waals surface area contributed by atoms with Crippen molar-refractivity contribution in [3.8, 4) is 17.6 Å². The number of hydrogen-bond donors (Lipinski definition) is 2. The van der Waals surface area contributed by atoms with Crippen molar-refractivity contribution in [1.82, 2.24) is 0 Å². The van der Waals surface area contributed by atoms with Crippen molar-refractivity contribution in [2.75, 3.05) is 18.9 Å². The lowest BCUT2D eigenvalue weighted by Crippen LogP contribution is -2.07. The third-order valence-electron chi connectivity index (χ3n) is 2.59. The first-order chi connectivity index (χ1) is 9.95. The first-order valence-electron chi connectivity index (χ1n) is 6.48. The molecule has 0 spiro atoms. The average molecular weight is 312 g/mol. The summed E-state index contributed by atoms with van der Waals surface area (Å²) in [4.78, 5) is 11.1. The summed E-state index contributed by atoms with van der Waals surface area (Å²) in [6.45, 7) is 4.57. The third kappa shape index (κ3) is 5.54. The molecule has 0 radical (unpaired) electrons. The van der Waals surface area contributed by atoms with Crippen LogP contribution in [0.2, 0.25) is 5.02 Å². The monoisotopic (exact) mass is 311 g/mol. The highest BCUT2D eigenvalue weighted by molar-refractivity contribution is 6.33. The quantitative estimate of drug-likeness (QED) is 0.623. The van der Waals surface area contributed by atoms with E-state index in [4.69, 9.17) is 31.9 Å². The smallest absolute Gasteiger partial charge is 0.339 e. The topological polar surface area (TPSA) is 81.8 Å². The van der Waals surface area contributed by atoms with Crippen LogP contribution in [0, 0.1) is 11.8 Å². The van der Waals surface area contributed by atoms with Gasteiger partial charge < -0.3 is 20.3 Å². The van der Waals surface area contributed by atoms with Gasteiger partial charge in [0.25, 0.3) is 0 Å². The SMILES string of the molecule is CCOC(C)CC#CCOc1cc(N)c(Cl)cc1C(=O)O. The molecule has 1 aromatic rings. The van der Waals surface area contributed by atoms with E-state index in [1.807, 2.05) is 13.8 Å². The maximum absolute atomic E-state index is 11.1. The second kappa shape index (κ2) is 8.40. The Morgan fingerprint density at radius 1 is 1.48 bits per heavy atom. The fourth-order valence-corrected chi connectivity index (χ4v) is 1.74. The van der Waals surface area contributed by atoms with Gasteiger partial charge in [0.15, 0.2) is 0 Å². The number of carboxylic acids is 1. The lowest BCUT2D eigenvalue weighted by atomic mass is 10.2. The van der Waals surface area contributed by atoms with E-state index in [0.717, 1.165) is 0 Å². The van der Waals surface area contributed by atoms with Gasteiger partial charge >= 0.3 is 5.97 Å². The number of rotatable bonds is 6. The molecule has 114 valence electrons. The minimum atomic E-state index is -1.13. The molecule has 21 heavy (non-hydrogen) atoms.